The quantitative estimate of drug-likeness (QED) is 0.275. The van der Waals surface area contributed by atoms with Gasteiger partial charge in [0.25, 0.3) is 0 Å². The van der Waals surface area contributed by atoms with Crippen LogP contribution < -0.4 is 0 Å². The third kappa shape index (κ3) is 742. The first kappa shape index (κ1) is 39.4. The molecule has 0 rings (SSSR count). The molecule has 50 valence electrons. The predicted molar refractivity (Wildman–Crippen MR) is 15.7 cm³/mol. The van der Waals surface area contributed by atoms with Crippen LogP contribution in [0.25, 0.3) is 0 Å². The molecule has 4 nitrogen and oxygen atoms in total. The van der Waals surface area contributed by atoms with Gasteiger partial charge in [0.05, 0.1) is 0 Å². The van der Waals surface area contributed by atoms with E-state index in [0.29, 0.717) is 0 Å². The van der Waals surface area contributed by atoms with Crippen LogP contribution in [0.1, 0.15) is 0 Å². The Morgan fingerprint density at radius 3 is 0.444 bits per heavy atom. The zero-order valence-corrected chi connectivity index (χ0v) is 4.94. The van der Waals surface area contributed by atoms with Gasteiger partial charge >= 0.3 is 45.2 Å². The van der Waals surface area contributed by atoms with E-state index in [1.54, 1.807) is 0 Å². The molecular weight excluding hydrogens is 171 g/mol. The molecule has 0 heterocycles. The normalized spacial score (nSPS) is 0.889. The van der Waals surface area contributed by atoms with Crippen molar-refractivity contribution in [3.05, 3.63) is 26.6 Å². The molecule has 0 atom stereocenters. The third-order valence-corrected chi connectivity index (χ3v) is 0. The molecule has 0 aliphatic carbocycles. The summed E-state index contributed by atoms with van der Waals surface area (Å²) in [6.07, 6.45) is 0. The largest absolute Gasteiger partial charge is 0 e. The van der Waals surface area contributed by atoms with Crippen LogP contribution >= 0.6 is 0 Å². The molecule has 0 aromatic rings. The first-order valence-corrected chi connectivity index (χ1v) is 0.816. The SMILES string of the molecule is [C-]#[O+].[C-]#[O+].[C-]#[O+].[C-]#[O+].[Ni]. The maximum Gasteiger partial charge on any atom is 0 e. The van der Waals surface area contributed by atoms with Gasteiger partial charge in [-0.1, -0.05) is 0 Å². The third-order valence-electron chi connectivity index (χ3n) is 0. The van der Waals surface area contributed by atoms with Crippen LogP contribution in [0.4, 0.5) is 0 Å². The van der Waals surface area contributed by atoms with Gasteiger partial charge in [0, 0.05) is 16.5 Å². The number of rotatable bonds is 0. The molecule has 0 aliphatic heterocycles. The monoisotopic (exact) mass is 170 g/mol. The predicted octanol–water partition coefficient (Wildman–Crippen LogP) is -0.153. The van der Waals surface area contributed by atoms with Crippen LogP contribution in [0.2, 0.25) is 0 Å². The molecule has 0 amide bonds. The molecular formula is C4NiO4. The smallest absolute Gasteiger partial charge is 0 e. The molecule has 0 aliphatic rings. The van der Waals surface area contributed by atoms with Gasteiger partial charge in [0.2, 0.25) is 0 Å². The van der Waals surface area contributed by atoms with Crippen LogP contribution in [0.15, 0.2) is 0 Å². The van der Waals surface area contributed by atoms with Crippen molar-refractivity contribution in [1.82, 2.24) is 0 Å². The fourth-order valence-corrected chi connectivity index (χ4v) is 0. The van der Waals surface area contributed by atoms with Crippen molar-refractivity contribution in [1.29, 1.82) is 0 Å². The maximum atomic E-state index is 7.50. The fourth-order valence-electron chi connectivity index (χ4n) is 0. The molecule has 0 bridgehead atoms. The molecule has 0 aromatic carbocycles. The minimum Gasteiger partial charge on any atom is 0 e. The molecule has 0 spiro atoms. The average Bonchev–Trinajstić information content (AvgIpc) is 2.03. The summed E-state index contributed by atoms with van der Waals surface area (Å²) in [6.45, 7) is 18.0. The molecule has 0 N–H and O–H groups in total. The van der Waals surface area contributed by atoms with Gasteiger partial charge < -0.3 is 0 Å². The summed E-state index contributed by atoms with van der Waals surface area (Å²) >= 11 is 0. The molecule has 0 fully saturated rings. The molecule has 5 heteroatoms. The minimum atomic E-state index is 0. The molecule has 0 saturated heterocycles. The minimum absolute atomic E-state index is 0. The second kappa shape index (κ2) is 1040. The van der Waals surface area contributed by atoms with Crippen LogP contribution in [0.3, 0.4) is 0 Å². The van der Waals surface area contributed by atoms with E-state index in [9.17, 15) is 0 Å². The Bertz CT molecular complexity index is 55.5. The van der Waals surface area contributed by atoms with Gasteiger partial charge in [-0.25, -0.2) is 0 Å². The number of hydrogen-bond acceptors (Lipinski definition) is 0. The van der Waals surface area contributed by atoms with E-state index < -0.39 is 0 Å². The van der Waals surface area contributed by atoms with E-state index in [0.717, 1.165) is 0 Å². The van der Waals surface area contributed by atoms with Gasteiger partial charge in [-0.05, 0) is 0 Å². The van der Waals surface area contributed by atoms with Crippen molar-refractivity contribution < 1.29 is 35.1 Å². The molecule has 0 radical (unpaired) electrons. The van der Waals surface area contributed by atoms with Crippen LogP contribution in [0.5, 0.6) is 0 Å². The summed E-state index contributed by atoms with van der Waals surface area (Å²) in [7, 11) is 0. The van der Waals surface area contributed by atoms with E-state index in [2.05, 4.69) is 26.6 Å². The Kier molecular flexibility index (Phi) is 4550. The Hall–Kier alpha value is -0.546. The van der Waals surface area contributed by atoms with Gasteiger partial charge in [0.15, 0.2) is 0 Å². The zero-order valence-electron chi connectivity index (χ0n) is 3.95. The van der Waals surface area contributed by atoms with Gasteiger partial charge in [-0.15, -0.1) is 0 Å². The summed E-state index contributed by atoms with van der Waals surface area (Å²) in [5.41, 5.74) is 0. The second-order valence-corrected chi connectivity index (χ2v) is 0. The van der Waals surface area contributed by atoms with Crippen molar-refractivity contribution in [2.45, 2.75) is 0 Å². The first-order chi connectivity index (χ1) is 4.00. The van der Waals surface area contributed by atoms with Crippen molar-refractivity contribution in [2.24, 2.45) is 0 Å². The molecule has 0 unspecified atom stereocenters. The summed E-state index contributed by atoms with van der Waals surface area (Å²) in [5.74, 6) is 0. The topological polar surface area (TPSA) is 79.6 Å². The van der Waals surface area contributed by atoms with E-state index in [1.807, 2.05) is 0 Å². The summed E-state index contributed by atoms with van der Waals surface area (Å²) in [4.78, 5) is 0. The second-order valence-electron chi connectivity index (χ2n) is 0. The van der Waals surface area contributed by atoms with Crippen molar-refractivity contribution in [2.75, 3.05) is 0 Å². The Morgan fingerprint density at radius 2 is 0.444 bits per heavy atom. The van der Waals surface area contributed by atoms with Crippen LogP contribution in [0, 0.1) is 26.6 Å². The first-order valence-electron chi connectivity index (χ1n) is 0.816. The Labute approximate surface area is 62.4 Å². The number of hydrogen-bond donors (Lipinski definition) is 0. The van der Waals surface area contributed by atoms with E-state index >= 15 is 0 Å². The van der Waals surface area contributed by atoms with Crippen molar-refractivity contribution in [3.8, 4) is 0 Å². The fraction of sp³-hybridized carbons (Fsp3) is 0. The van der Waals surface area contributed by atoms with Crippen LogP contribution in [-0.4, -0.2) is 0 Å². The average molecular weight is 171 g/mol. The summed E-state index contributed by atoms with van der Waals surface area (Å²) in [5, 5.41) is 0. The standard InChI is InChI=1S/4CO.Ni/c4*1-2;. The van der Waals surface area contributed by atoms with Gasteiger partial charge in [0.1, 0.15) is 0 Å². The zero-order chi connectivity index (χ0) is 8.00. The van der Waals surface area contributed by atoms with Crippen molar-refractivity contribution >= 4 is 0 Å². The molecule has 0 aromatic heterocycles. The maximum absolute atomic E-state index is 7.50. The summed E-state index contributed by atoms with van der Waals surface area (Å²) in [6, 6.07) is 0. The van der Waals surface area contributed by atoms with Gasteiger partial charge in [-0.3, -0.25) is 0 Å². The van der Waals surface area contributed by atoms with Gasteiger partial charge in [-0.2, -0.15) is 0 Å². The van der Waals surface area contributed by atoms with E-state index in [-0.39, 0.29) is 16.5 Å². The Morgan fingerprint density at radius 1 is 0.444 bits per heavy atom. The van der Waals surface area contributed by atoms with Crippen LogP contribution in [-0.2, 0) is 35.1 Å². The molecule has 0 saturated carbocycles. The van der Waals surface area contributed by atoms with Crippen molar-refractivity contribution in [3.63, 3.8) is 0 Å². The summed E-state index contributed by atoms with van der Waals surface area (Å²) < 4.78 is 30.0. The van der Waals surface area contributed by atoms with E-state index in [1.165, 1.54) is 0 Å². The van der Waals surface area contributed by atoms with E-state index in [4.69, 9.17) is 18.6 Å². The Balaban J connectivity index is -0.00000000762. The molecule has 9 heavy (non-hydrogen) atoms.